The van der Waals surface area contributed by atoms with Crippen molar-refractivity contribution >= 4 is 17.7 Å². The molecule has 4 nitrogen and oxygen atoms in total. The van der Waals surface area contributed by atoms with E-state index < -0.39 is 0 Å². The molecule has 1 aromatic carbocycles. The van der Waals surface area contributed by atoms with Crippen LogP contribution in [0.1, 0.15) is 27.9 Å². The fourth-order valence-corrected chi connectivity index (χ4v) is 3.49. The molecule has 0 spiro atoms. The number of pyridine rings is 2. The lowest BCUT2D eigenvalue weighted by Crippen LogP contribution is -2.23. The lowest BCUT2D eigenvalue weighted by molar-refractivity contribution is 0.0947. The van der Waals surface area contributed by atoms with Crippen molar-refractivity contribution in [3.8, 4) is 0 Å². The highest BCUT2D eigenvalue weighted by molar-refractivity contribution is 7.99. The number of rotatable bonds is 8. The number of hydrogen-bond acceptors (Lipinski definition) is 4. The Morgan fingerprint density at radius 3 is 2.63 bits per heavy atom. The number of benzene rings is 1. The van der Waals surface area contributed by atoms with Gasteiger partial charge in [0.25, 0.3) is 5.91 Å². The average Bonchev–Trinajstić information content (AvgIpc) is 2.72. The van der Waals surface area contributed by atoms with Gasteiger partial charge in [-0.2, -0.15) is 0 Å². The lowest BCUT2D eigenvalue weighted by atomic mass is 10.1. The van der Waals surface area contributed by atoms with Crippen molar-refractivity contribution in [2.45, 2.75) is 24.4 Å². The number of hydrogen-bond donors (Lipinski definition) is 1. The van der Waals surface area contributed by atoms with Gasteiger partial charge < -0.3 is 5.32 Å². The third-order valence-electron chi connectivity index (χ3n) is 3.95. The summed E-state index contributed by atoms with van der Waals surface area (Å²) in [6, 6.07) is 13.9. The highest BCUT2D eigenvalue weighted by Crippen LogP contribution is 2.21. The van der Waals surface area contributed by atoms with E-state index in [1.807, 2.05) is 12.1 Å². The molecule has 0 unspecified atom stereocenters. The molecule has 0 bridgehead atoms. The van der Waals surface area contributed by atoms with Crippen molar-refractivity contribution in [1.82, 2.24) is 15.3 Å². The van der Waals surface area contributed by atoms with Gasteiger partial charge in [-0.1, -0.05) is 18.2 Å². The molecule has 0 atom stereocenters. The molecule has 0 saturated heterocycles. The molecule has 0 radical (unpaired) electrons. The van der Waals surface area contributed by atoms with Crippen LogP contribution in [0.3, 0.4) is 0 Å². The molecule has 0 aliphatic rings. The largest absolute Gasteiger partial charge is 0.348 e. The predicted octanol–water partition coefficient (Wildman–Crippen LogP) is 4.27. The van der Waals surface area contributed by atoms with Gasteiger partial charge in [-0.15, -0.1) is 11.8 Å². The number of nitrogens with one attached hydrogen (secondary N) is 1. The highest BCUT2D eigenvalue weighted by atomic mass is 32.2. The molecule has 1 N–H and O–H groups in total. The number of carbonyl (C=O) groups is 1. The molecular formula is C21H20FN3OS. The van der Waals surface area contributed by atoms with E-state index in [4.69, 9.17) is 0 Å². The van der Waals surface area contributed by atoms with E-state index in [1.54, 1.807) is 54.6 Å². The maximum absolute atomic E-state index is 12.9. The summed E-state index contributed by atoms with van der Waals surface area (Å²) in [5, 5.41) is 3.63. The molecule has 3 rings (SSSR count). The van der Waals surface area contributed by atoms with Crippen molar-refractivity contribution in [1.29, 1.82) is 0 Å². The minimum Gasteiger partial charge on any atom is -0.348 e. The van der Waals surface area contributed by atoms with Gasteiger partial charge >= 0.3 is 0 Å². The van der Waals surface area contributed by atoms with E-state index >= 15 is 0 Å². The van der Waals surface area contributed by atoms with Crippen LogP contribution in [-0.2, 0) is 13.0 Å². The SMILES string of the molecule is O=C(NCc1cccnc1)c1cccnc1SCCCc1ccc(F)cc1. The minimum absolute atomic E-state index is 0.145. The molecule has 0 aliphatic heterocycles. The van der Waals surface area contributed by atoms with Crippen molar-refractivity contribution in [2.75, 3.05) is 5.75 Å². The average molecular weight is 381 g/mol. The monoisotopic (exact) mass is 381 g/mol. The summed E-state index contributed by atoms with van der Waals surface area (Å²) < 4.78 is 12.9. The summed E-state index contributed by atoms with van der Waals surface area (Å²) in [7, 11) is 0. The van der Waals surface area contributed by atoms with Crippen LogP contribution < -0.4 is 5.32 Å². The summed E-state index contributed by atoms with van der Waals surface area (Å²) in [4.78, 5) is 20.9. The first-order valence-corrected chi connectivity index (χ1v) is 9.70. The Kier molecular flexibility index (Phi) is 6.93. The predicted molar refractivity (Wildman–Crippen MR) is 105 cm³/mol. The quantitative estimate of drug-likeness (QED) is 0.468. The number of thioether (sulfide) groups is 1. The van der Waals surface area contributed by atoms with Crippen LogP contribution in [0.2, 0.25) is 0 Å². The molecule has 2 heterocycles. The standard InChI is InChI=1S/C21H20FN3OS/c22-18-9-7-16(8-10-18)5-3-13-27-21-19(6-2-12-24-21)20(26)25-15-17-4-1-11-23-14-17/h1-2,4,6-12,14H,3,5,13,15H2,(H,25,26). The Morgan fingerprint density at radius 1 is 1.04 bits per heavy atom. The molecule has 27 heavy (non-hydrogen) atoms. The summed E-state index contributed by atoms with van der Waals surface area (Å²) in [6.45, 7) is 0.427. The van der Waals surface area contributed by atoms with Crippen LogP contribution in [-0.4, -0.2) is 21.6 Å². The zero-order valence-electron chi connectivity index (χ0n) is 14.8. The maximum Gasteiger partial charge on any atom is 0.254 e. The van der Waals surface area contributed by atoms with Crippen molar-refractivity contribution < 1.29 is 9.18 Å². The Morgan fingerprint density at radius 2 is 1.85 bits per heavy atom. The molecule has 0 saturated carbocycles. The van der Waals surface area contributed by atoms with Gasteiger partial charge in [0.2, 0.25) is 0 Å². The first-order chi connectivity index (χ1) is 13.2. The zero-order chi connectivity index (χ0) is 18.9. The molecule has 138 valence electrons. The van der Waals surface area contributed by atoms with Crippen molar-refractivity contribution in [3.63, 3.8) is 0 Å². The maximum atomic E-state index is 12.9. The second-order valence-electron chi connectivity index (χ2n) is 5.98. The summed E-state index contributed by atoms with van der Waals surface area (Å²) in [5.41, 5.74) is 2.63. The van der Waals surface area contributed by atoms with E-state index in [-0.39, 0.29) is 11.7 Å². The Labute approximate surface area is 162 Å². The third kappa shape index (κ3) is 5.89. The molecule has 6 heteroatoms. The molecular weight excluding hydrogens is 361 g/mol. The fraction of sp³-hybridized carbons (Fsp3) is 0.190. The summed E-state index contributed by atoms with van der Waals surface area (Å²) in [6.07, 6.45) is 6.91. The number of aryl methyl sites for hydroxylation is 1. The fourth-order valence-electron chi connectivity index (χ4n) is 2.56. The number of carbonyl (C=O) groups excluding carboxylic acids is 1. The van der Waals surface area contributed by atoms with Crippen LogP contribution in [0, 0.1) is 5.82 Å². The lowest BCUT2D eigenvalue weighted by Gasteiger charge is -2.09. The third-order valence-corrected chi connectivity index (χ3v) is 5.05. The molecule has 0 fully saturated rings. The topological polar surface area (TPSA) is 54.9 Å². The second-order valence-corrected chi connectivity index (χ2v) is 7.06. The van der Waals surface area contributed by atoms with Crippen LogP contribution in [0.5, 0.6) is 0 Å². The van der Waals surface area contributed by atoms with Gasteiger partial charge in [-0.25, -0.2) is 9.37 Å². The van der Waals surface area contributed by atoms with Crippen LogP contribution in [0.4, 0.5) is 4.39 Å². The first kappa shape index (κ1) is 19.0. The Hall–Kier alpha value is -2.73. The summed E-state index contributed by atoms with van der Waals surface area (Å²) >= 11 is 1.56. The number of nitrogens with zero attached hydrogens (tertiary/aromatic N) is 2. The normalized spacial score (nSPS) is 10.6. The van der Waals surface area contributed by atoms with E-state index in [0.717, 1.165) is 34.7 Å². The van der Waals surface area contributed by atoms with E-state index in [2.05, 4.69) is 15.3 Å². The minimum atomic E-state index is -0.219. The van der Waals surface area contributed by atoms with E-state index in [9.17, 15) is 9.18 Å². The van der Waals surface area contributed by atoms with Crippen molar-refractivity contribution in [2.24, 2.45) is 0 Å². The highest BCUT2D eigenvalue weighted by Gasteiger charge is 2.12. The van der Waals surface area contributed by atoms with Gasteiger partial charge in [0, 0.05) is 25.1 Å². The first-order valence-electron chi connectivity index (χ1n) is 8.72. The van der Waals surface area contributed by atoms with Crippen LogP contribution in [0.15, 0.2) is 72.1 Å². The zero-order valence-corrected chi connectivity index (χ0v) is 15.6. The Bertz CT molecular complexity index is 872. The smallest absolute Gasteiger partial charge is 0.254 e. The van der Waals surface area contributed by atoms with Gasteiger partial charge in [0.1, 0.15) is 10.8 Å². The van der Waals surface area contributed by atoms with Crippen molar-refractivity contribution in [3.05, 3.63) is 89.6 Å². The summed E-state index contributed by atoms with van der Waals surface area (Å²) in [5.74, 6) is 0.466. The Balaban J connectivity index is 1.52. The number of amides is 1. The van der Waals surface area contributed by atoms with Gasteiger partial charge in [-0.3, -0.25) is 9.78 Å². The number of halogens is 1. The van der Waals surface area contributed by atoms with Gasteiger partial charge in [0.05, 0.1) is 5.56 Å². The molecule has 1 amide bonds. The van der Waals surface area contributed by atoms with Crippen LogP contribution in [0.25, 0.3) is 0 Å². The molecule has 0 aliphatic carbocycles. The van der Waals surface area contributed by atoms with Crippen LogP contribution >= 0.6 is 11.8 Å². The molecule has 3 aromatic rings. The van der Waals surface area contributed by atoms with E-state index in [0.29, 0.717) is 12.1 Å². The molecule has 2 aromatic heterocycles. The van der Waals surface area contributed by atoms with E-state index in [1.165, 1.54) is 12.1 Å². The van der Waals surface area contributed by atoms with Gasteiger partial charge in [-0.05, 0) is 60.1 Å². The second kappa shape index (κ2) is 9.83. The number of aromatic nitrogens is 2. The van der Waals surface area contributed by atoms with Gasteiger partial charge in [0.15, 0.2) is 0 Å².